The minimum Gasteiger partial charge on any atom is -0.337 e. The number of carbonyl (C=O) groups is 1. The standard InChI is InChI=1S/C14H24N4O.ClH/c1-10(2)12-8-13(17-16-12)14(19)18-6-4-11(5-7-18)9-15-3;/h8,10-11,15H,4-7,9H2,1-3H3,(H,16,17);1H. The number of H-pyrrole nitrogens is 1. The topological polar surface area (TPSA) is 61.0 Å². The van der Waals surface area contributed by atoms with E-state index in [9.17, 15) is 4.79 Å². The number of aromatic amines is 1. The number of halogens is 1. The largest absolute Gasteiger partial charge is 0.337 e. The van der Waals surface area contributed by atoms with E-state index < -0.39 is 0 Å². The lowest BCUT2D eigenvalue weighted by Crippen LogP contribution is -2.40. The van der Waals surface area contributed by atoms with Crippen LogP contribution in [0.25, 0.3) is 0 Å². The molecule has 1 saturated heterocycles. The molecule has 0 spiro atoms. The average molecular weight is 301 g/mol. The molecule has 0 aliphatic carbocycles. The number of nitrogens with one attached hydrogen (secondary N) is 2. The molecule has 1 aliphatic heterocycles. The van der Waals surface area contributed by atoms with Crippen LogP contribution in [0.3, 0.4) is 0 Å². The van der Waals surface area contributed by atoms with E-state index >= 15 is 0 Å². The molecule has 0 radical (unpaired) electrons. The third-order valence-electron chi connectivity index (χ3n) is 3.83. The molecule has 1 amide bonds. The molecule has 1 aliphatic rings. The van der Waals surface area contributed by atoms with Crippen molar-refractivity contribution in [2.24, 2.45) is 5.92 Å². The second-order valence-electron chi connectivity index (χ2n) is 5.66. The Morgan fingerprint density at radius 3 is 2.65 bits per heavy atom. The maximum Gasteiger partial charge on any atom is 0.274 e. The Balaban J connectivity index is 0.00000200. The van der Waals surface area contributed by atoms with Crippen molar-refractivity contribution in [3.05, 3.63) is 17.5 Å². The molecule has 1 aromatic rings. The predicted molar refractivity (Wildman–Crippen MR) is 82.5 cm³/mol. The lowest BCUT2D eigenvalue weighted by Gasteiger charge is -2.31. The van der Waals surface area contributed by atoms with Crippen LogP contribution in [0.15, 0.2) is 6.07 Å². The number of nitrogens with zero attached hydrogens (tertiary/aromatic N) is 2. The smallest absolute Gasteiger partial charge is 0.274 e. The van der Waals surface area contributed by atoms with Gasteiger partial charge in [0.05, 0.1) is 0 Å². The summed E-state index contributed by atoms with van der Waals surface area (Å²) < 4.78 is 0. The first kappa shape index (κ1) is 17.0. The maximum atomic E-state index is 12.3. The molecular weight excluding hydrogens is 276 g/mol. The van der Waals surface area contributed by atoms with Crippen molar-refractivity contribution < 1.29 is 4.79 Å². The number of rotatable bonds is 4. The van der Waals surface area contributed by atoms with Gasteiger partial charge in [-0.1, -0.05) is 13.8 Å². The van der Waals surface area contributed by atoms with Crippen LogP contribution < -0.4 is 5.32 Å². The first-order valence-electron chi connectivity index (χ1n) is 7.11. The molecule has 0 bridgehead atoms. The molecule has 20 heavy (non-hydrogen) atoms. The van der Waals surface area contributed by atoms with Crippen LogP contribution in [-0.4, -0.2) is 47.7 Å². The van der Waals surface area contributed by atoms with Crippen LogP contribution in [-0.2, 0) is 0 Å². The quantitative estimate of drug-likeness (QED) is 0.894. The van der Waals surface area contributed by atoms with E-state index in [1.54, 1.807) is 0 Å². The highest BCUT2D eigenvalue weighted by Gasteiger charge is 2.24. The van der Waals surface area contributed by atoms with Gasteiger partial charge in [0.1, 0.15) is 5.69 Å². The van der Waals surface area contributed by atoms with Crippen molar-refractivity contribution in [2.75, 3.05) is 26.7 Å². The van der Waals surface area contributed by atoms with Gasteiger partial charge >= 0.3 is 0 Å². The van der Waals surface area contributed by atoms with Crippen LogP contribution in [0, 0.1) is 5.92 Å². The van der Waals surface area contributed by atoms with Crippen LogP contribution in [0.2, 0.25) is 0 Å². The maximum absolute atomic E-state index is 12.3. The van der Waals surface area contributed by atoms with E-state index in [1.807, 2.05) is 18.0 Å². The first-order chi connectivity index (χ1) is 9.11. The Hall–Kier alpha value is -1.07. The fraction of sp³-hybridized carbons (Fsp3) is 0.714. The van der Waals surface area contributed by atoms with Gasteiger partial charge in [0, 0.05) is 18.8 Å². The second kappa shape index (κ2) is 7.64. The summed E-state index contributed by atoms with van der Waals surface area (Å²) in [7, 11) is 1.98. The Morgan fingerprint density at radius 1 is 1.50 bits per heavy atom. The molecule has 6 heteroatoms. The summed E-state index contributed by atoms with van der Waals surface area (Å²) >= 11 is 0. The molecule has 0 saturated carbocycles. The summed E-state index contributed by atoms with van der Waals surface area (Å²) in [4.78, 5) is 14.3. The predicted octanol–water partition coefficient (Wildman–Crippen LogP) is 2.03. The monoisotopic (exact) mass is 300 g/mol. The van der Waals surface area contributed by atoms with Crippen molar-refractivity contribution in [2.45, 2.75) is 32.6 Å². The van der Waals surface area contributed by atoms with E-state index in [0.29, 0.717) is 17.5 Å². The Morgan fingerprint density at radius 2 is 2.15 bits per heavy atom. The Kier molecular flexibility index (Phi) is 6.49. The fourth-order valence-corrected chi connectivity index (χ4v) is 2.53. The van der Waals surface area contributed by atoms with E-state index in [-0.39, 0.29) is 18.3 Å². The van der Waals surface area contributed by atoms with Crippen molar-refractivity contribution in [3.8, 4) is 0 Å². The average Bonchev–Trinajstić information content (AvgIpc) is 2.89. The molecule has 1 fully saturated rings. The Labute approximate surface area is 126 Å². The highest BCUT2D eigenvalue weighted by Crippen LogP contribution is 2.19. The summed E-state index contributed by atoms with van der Waals surface area (Å²) in [5, 5.41) is 10.3. The molecular formula is C14H25ClN4O. The zero-order valence-electron chi connectivity index (χ0n) is 12.5. The van der Waals surface area contributed by atoms with E-state index in [4.69, 9.17) is 0 Å². The number of piperidine rings is 1. The highest BCUT2D eigenvalue weighted by molar-refractivity contribution is 5.92. The van der Waals surface area contributed by atoms with Crippen LogP contribution in [0.5, 0.6) is 0 Å². The molecule has 0 aromatic carbocycles. The molecule has 2 N–H and O–H groups in total. The highest BCUT2D eigenvalue weighted by atomic mass is 35.5. The summed E-state index contributed by atoms with van der Waals surface area (Å²) in [6.45, 7) is 6.90. The third kappa shape index (κ3) is 3.96. The SMILES string of the molecule is CNCC1CCN(C(=O)c2cc(C(C)C)[nH]n2)CC1.Cl. The van der Waals surface area contributed by atoms with Gasteiger partial charge in [-0.15, -0.1) is 12.4 Å². The van der Waals surface area contributed by atoms with Crippen molar-refractivity contribution in [3.63, 3.8) is 0 Å². The number of aromatic nitrogens is 2. The van der Waals surface area contributed by atoms with Crippen molar-refractivity contribution >= 4 is 18.3 Å². The number of carbonyl (C=O) groups excluding carboxylic acids is 1. The van der Waals surface area contributed by atoms with E-state index in [0.717, 1.165) is 38.2 Å². The van der Waals surface area contributed by atoms with Crippen LogP contribution >= 0.6 is 12.4 Å². The van der Waals surface area contributed by atoms with Crippen molar-refractivity contribution in [1.29, 1.82) is 0 Å². The molecule has 2 rings (SSSR count). The lowest BCUT2D eigenvalue weighted by atomic mass is 9.96. The second-order valence-corrected chi connectivity index (χ2v) is 5.66. The van der Waals surface area contributed by atoms with Crippen molar-refractivity contribution in [1.82, 2.24) is 20.4 Å². The minimum atomic E-state index is 0. The minimum absolute atomic E-state index is 0. The number of hydrogen-bond acceptors (Lipinski definition) is 3. The normalized spacial score (nSPS) is 16.3. The third-order valence-corrected chi connectivity index (χ3v) is 3.83. The molecule has 2 heterocycles. The fourth-order valence-electron chi connectivity index (χ4n) is 2.53. The summed E-state index contributed by atoms with van der Waals surface area (Å²) in [6.07, 6.45) is 2.15. The van der Waals surface area contributed by atoms with Crippen LogP contribution in [0.1, 0.15) is 48.8 Å². The zero-order valence-corrected chi connectivity index (χ0v) is 13.3. The summed E-state index contributed by atoms with van der Waals surface area (Å²) in [6, 6.07) is 1.88. The van der Waals surface area contributed by atoms with Gasteiger partial charge in [-0.3, -0.25) is 9.89 Å². The molecule has 114 valence electrons. The van der Waals surface area contributed by atoms with Gasteiger partial charge in [0.2, 0.25) is 0 Å². The number of likely N-dealkylation sites (tertiary alicyclic amines) is 1. The number of hydrogen-bond donors (Lipinski definition) is 2. The molecule has 0 unspecified atom stereocenters. The Bertz CT molecular complexity index is 425. The van der Waals surface area contributed by atoms with Crippen LogP contribution in [0.4, 0.5) is 0 Å². The molecule has 0 atom stereocenters. The van der Waals surface area contributed by atoms with Gasteiger partial charge in [-0.05, 0) is 44.3 Å². The van der Waals surface area contributed by atoms with Gasteiger partial charge < -0.3 is 10.2 Å². The van der Waals surface area contributed by atoms with E-state index in [1.165, 1.54) is 0 Å². The summed E-state index contributed by atoms with van der Waals surface area (Å²) in [5.74, 6) is 1.13. The van der Waals surface area contributed by atoms with Gasteiger partial charge in [-0.2, -0.15) is 5.10 Å². The van der Waals surface area contributed by atoms with Gasteiger partial charge in [0.25, 0.3) is 5.91 Å². The molecule has 5 nitrogen and oxygen atoms in total. The molecule has 1 aromatic heterocycles. The first-order valence-corrected chi connectivity index (χ1v) is 7.11. The zero-order chi connectivity index (χ0) is 13.8. The van der Waals surface area contributed by atoms with E-state index in [2.05, 4.69) is 29.4 Å². The lowest BCUT2D eigenvalue weighted by molar-refractivity contribution is 0.0685. The number of amides is 1. The van der Waals surface area contributed by atoms with Gasteiger partial charge in [0.15, 0.2) is 0 Å². The van der Waals surface area contributed by atoms with Gasteiger partial charge in [-0.25, -0.2) is 0 Å². The summed E-state index contributed by atoms with van der Waals surface area (Å²) in [5.41, 5.74) is 1.57.